The molecule has 1 N–H and O–H groups in total. The number of aliphatic hydroxyl groups is 1. The number of nitrogens with zero attached hydrogens (tertiary/aromatic N) is 1. The van der Waals surface area contributed by atoms with Gasteiger partial charge in [0, 0.05) is 5.46 Å². The summed E-state index contributed by atoms with van der Waals surface area (Å²) in [5.74, 6) is 0.712. The molecule has 0 aromatic carbocycles. The number of aromatic nitrogens is 1. The zero-order chi connectivity index (χ0) is 12.6. The number of hydrogen-bond acceptors (Lipinski definition) is 4. The Morgan fingerprint density at radius 1 is 1.25 bits per heavy atom. The van der Waals surface area contributed by atoms with Crippen LogP contribution in [0.5, 0.6) is 0 Å². The van der Waals surface area contributed by atoms with Gasteiger partial charge in [0.25, 0.3) is 0 Å². The van der Waals surface area contributed by atoms with Crippen molar-refractivity contribution in [2.45, 2.75) is 52.7 Å². The van der Waals surface area contributed by atoms with Crippen LogP contribution in [-0.4, -0.2) is 28.9 Å². The highest BCUT2D eigenvalue weighted by Gasteiger charge is 2.36. The first-order valence-electron chi connectivity index (χ1n) is 5.31. The van der Waals surface area contributed by atoms with Crippen LogP contribution < -0.4 is 5.46 Å². The molecule has 0 bridgehead atoms. The van der Waals surface area contributed by atoms with Gasteiger partial charge in [-0.25, -0.2) is 0 Å². The summed E-state index contributed by atoms with van der Waals surface area (Å²) < 4.78 is 10.6. The van der Waals surface area contributed by atoms with Crippen molar-refractivity contribution < 1.29 is 14.3 Å². The summed E-state index contributed by atoms with van der Waals surface area (Å²) in [5.41, 5.74) is 0.00685. The topological polar surface area (TPSA) is 55.5 Å². The van der Waals surface area contributed by atoms with Crippen LogP contribution in [0.15, 0.2) is 4.52 Å². The van der Waals surface area contributed by atoms with Gasteiger partial charge in [0.05, 0.1) is 16.9 Å². The van der Waals surface area contributed by atoms with E-state index in [0.29, 0.717) is 5.76 Å². The molecule has 0 spiro atoms. The Kier molecular flexibility index (Phi) is 3.50. The average molecular weight is 224 g/mol. The summed E-state index contributed by atoms with van der Waals surface area (Å²) in [6.45, 7) is 10.8. The van der Waals surface area contributed by atoms with Crippen molar-refractivity contribution in [2.24, 2.45) is 0 Å². The highest BCUT2D eigenvalue weighted by atomic mass is 16.5. The van der Waals surface area contributed by atoms with E-state index in [0.717, 1.165) is 11.2 Å². The van der Waals surface area contributed by atoms with Crippen molar-refractivity contribution in [3.63, 3.8) is 0 Å². The van der Waals surface area contributed by atoms with Crippen LogP contribution in [0.3, 0.4) is 0 Å². The van der Waals surface area contributed by atoms with E-state index in [9.17, 15) is 5.11 Å². The van der Waals surface area contributed by atoms with Crippen LogP contribution in [-0.2, 0) is 4.65 Å². The van der Waals surface area contributed by atoms with Crippen molar-refractivity contribution in [3.05, 3.63) is 11.5 Å². The molecular formula is C11H19BNO3. The van der Waals surface area contributed by atoms with E-state index in [1.165, 1.54) is 0 Å². The van der Waals surface area contributed by atoms with Crippen molar-refractivity contribution in [2.75, 3.05) is 0 Å². The fourth-order valence-corrected chi connectivity index (χ4v) is 1.01. The molecule has 1 radical (unpaired) electrons. The van der Waals surface area contributed by atoms with Gasteiger partial charge in [-0.05, 0) is 41.5 Å². The predicted molar refractivity (Wildman–Crippen MR) is 62.8 cm³/mol. The highest BCUT2D eigenvalue weighted by molar-refractivity contribution is 6.48. The zero-order valence-corrected chi connectivity index (χ0v) is 10.8. The first kappa shape index (κ1) is 13.3. The van der Waals surface area contributed by atoms with Crippen LogP contribution in [0.25, 0.3) is 0 Å². The van der Waals surface area contributed by atoms with Gasteiger partial charge in [0.15, 0.2) is 0 Å². The average Bonchev–Trinajstić information content (AvgIpc) is 2.42. The summed E-state index contributed by atoms with van der Waals surface area (Å²) in [7, 11) is 1.60. The monoisotopic (exact) mass is 224 g/mol. The second-order valence-corrected chi connectivity index (χ2v) is 5.04. The van der Waals surface area contributed by atoms with Crippen LogP contribution in [0.1, 0.15) is 39.1 Å². The summed E-state index contributed by atoms with van der Waals surface area (Å²) in [4.78, 5) is 0. The lowest BCUT2D eigenvalue weighted by Gasteiger charge is -2.37. The van der Waals surface area contributed by atoms with E-state index < -0.39 is 11.2 Å². The first-order chi connectivity index (χ1) is 7.15. The molecule has 1 heterocycles. The van der Waals surface area contributed by atoms with Crippen molar-refractivity contribution in [1.29, 1.82) is 0 Å². The Balaban J connectivity index is 2.72. The Hall–Kier alpha value is -0.805. The molecule has 0 atom stereocenters. The molecule has 0 aliphatic carbocycles. The quantitative estimate of drug-likeness (QED) is 0.778. The Labute approximate surface area is 97.2 Å². The Morgan fingerprint density at radius 2 is 1.81 bits per heavy atom. The second-order valence-electron chi connectivity index (χ2n) is 5.04. The van der Waals surface area contributed by atoms with Gasteiger partial charge in [0.2, 0.25) is 0 Å². The molecule has 0 saturated carbocycles. The fourth-order valence-electron chi connectivity index (χ4n) is 1.01. The number of rotatable bonds is 4. The van der Waals surface area contributed by atoms with Gasteiger partial charge in [-0.15, -0.1) is 0 Å². The van der Waals surface area contributed by atoms with Gasteiger partial charge in [-0.3, -0.25) is 0 Å². The minimum atomic E-state index is -0.928. The molecule has 0 amide bonds. The van der Waals surface area contributed by atoms with Gasteiger partial charge in [-0.1, -0.05) is 5.16 Å². The Morgan fingerprint density at radius 3 is 2.19 bits per heavy atom. The fraction of sp³-hybridized carbons (Fsp3) is 0.727. The van der Waals surface area contributed by atoms with E-state index in [2.05, 4.69) is 5.16 Å². The van der Waals surface area contributed by atoms with Gasteiger partial charge >= 0.3 is 7.48 Å². The third kappa shape index (κ3) is 2.65. The van der Waals surface area contributed by atoms with Crippen molar-refractivity contribution in [3.8, 4) is 0 Å². The number of hydrogen-bond donors (Lipinski definition) is 1. The minimum absolute atomic E-state index is 0.677. The lowest BCUT2D eigenvalue weighted by atomic mass is 9.81. The van der Waals surface area contributed by atoms with E-state index in [1.54, 1.807) is 21.3 Å². The van der Waals surface area contributed by atoms with Crippen molar-refractivity contribution >= 4 is 12.9 Å². The summed E-state index contributed by atoms with van der Waals surface area (Å²) in [5, 5.41) is 13.8. The van der Waals surface area contributed by atoms with E-state index in [-0.39, 0.29) is 0 Å². The van der Waals surface area contributed by atoms with Gasteiger partial charge in [-0.2, -0.15) is 0 Å². The zero-order valence-electron chi connectivity index (χ0n) is 10.8. The molecule has 0 aliphatic rings. The minimum Gasteiger partial charge on any atom is -0.426 e. The maximum Gasteiger partial charge on any atom is 0.336 e. The molecule has 0 saturated heterocycles. The third-order valence-electron chi connectivity index (χ3n) is 3.03. The van der Waals surface area contributed by atoms with Crippen molar-refractivity contribution in [1.82, 2.24) is 5.16 Å². The molecule has 1 rings (SSSR count). The summed E-state index contributed by atoms with van der Waals surface area (Å²) in [6, 6.07) is 0. The van der Waals surface area contributed by atoms with Crippen LogP contribution in [0.2, 0.25) is 0 Å². The summed E-state index contributed by atoms with van der Waals surface area (Å²) >= 11 is 0. The van der Waals surface area contributed by atoms with Crippen LogP contribution in [0.4, 0.5) is 0 Å². The molecule has 1 aromatic rings. The smallest absolute Gasteiger partial charge is 0.336 e. The molecule has 16 heavy (non-hydrogen) atoms. The maximum absolute atomic E-state index is 9.93. The summed E-state index contributed by atoms with van der Waals surface area (Å²) in [6.07, 6.45) is 0. The van der Waals surface area contributed by atoms with Gasteiger partial charge in [0.1, 0.15) is 5.76 Å². The van der Waals surface area contributed by atoms with E-state index >= 15 is 0 Å². The molecule has 0 unspecified atom stereocenters. The molecule has 89 valence electrons. The molecule has 5 heteroatoms. The van der Waals surface area contributed by atoms with Gasteiger partial charge < -0.3 is 14.3 Å². The normalized spacial score (nSPS) is 12.9. The molecule has 4 nitrogen and oxygen atoms in total. The molecule has 0 fully saturated rings. The lowest BCUT2D eigenvalue weighted by Crippen LogP contribution is -2.49. The van der Waals surface area contributed by atoms with E-state index in [4.69, 9.17) is 9.18 Å². The largest absolute Gasteiger partial charge is 0.426 e. The molecule has 0 aliphatic heterocycles. The predicted octanol–water partition coefficient (Wildman–Crippen LogP) is 1.10. The molecule has 1 aromatic heterocycles. The standard InChI is InChI=1S/C11H19BNO3/c1-7-9(8(2)15-13-7)12-16-11(5,6)10(3,4)14/h14H,1-6H3. The lowest BCUT2D eigenvalue weighted by molar-refractivity contribution is -0.0893. The van der Waals surface area contributed by atoms with Crippen LogP contribution >= 0.6 is 0 Å². The highest BCUT2D eigenvalue weighted by Crippen LogP contribution is 2.24. The molecular weight excluding hydrogens is 205 g/mol. The third-order valence-corrected chi connectivity index (χ3v) is 3.03. The van der Waals surface area contributed by atoms with E-state index in [1.807, 2.05) is 27.7 Å². The first-order valence-corrected chi connectivity index (χ1v) is 5.31. The number of aryl methyl sites for hydroxylation is 2. The Bertz CT molecular complexity index is 346. The van der Waals surface area contributed by atoms with Crippen LogP contribution in [0, 0.1) is 13.8 Å². The maximum atomic E-state index is 9.93. The SMILES string of the molecule is Cc1noc(C)c1[B]OC(C)(C)C(C)(C)O. The second kappa shape index (κ2) is 4.22.